The van der Waals surface area contributed by atoms with Crippen LogP contribution in [-0.2, 0) is 19.6 Å². The molecular weight excluding hydrogens is 258 g/mol. The zero-order valence-corrected chi connectivity index (χ0v) is 12.5. The van der Waals surface area contributed by atoms with Crippen LogP contribution in [0.2, 0.25) is 0 Å². The van der Waals surface area contributed by atoms with Crippen LogP contribution >= 0.6 is 0 Å². The summed E-state index contributed by atoms with van der Waals surface area (Å²) in [6.07, 6.45) is 6.39. The molecule has 3 heteroatoms. The Morgan fingerprint density at radius 2 is 1.38 bits per heavy atom. The van der Waals surface area contributed by atoms with Gasteiger partial charge < -0.3 is 5.32 Å². The van der Waals surface area contributed by atoms with Crippen LogP contribution in [0.25, 0.3) is 0 Å². The molecule has 0 saturated carbocycles. The van der Waals surface area contributed by atoms with E-state index in [0.29, 0.717) is 0 Å². The molecule has 21 heavy (non-hydrogen) atoms. The van der Waals surface area contributed by atoms with Crippen LogP contribution in [0.1, 0.15) is 29.5 Å². The number of rotatable bonds is 6. The molecule has 1 saturated heterocycles. The molecule has 1 N–H and O–H groups in total. The van der Waals surface area contributed by atoms with Crippen molar-refractivity contribution in [3.63, 3.8) is 0 Å². The maximum absolute atomic E-state index is 4.03. The van der Waals surface area contributed by atoms with Crippen molar-refractivity contribution in [3.8, 4) is 0 Å². The number of pyridine rings is 1. The summed E-state index contributed by atoms with van der Waals surface area (Å²) in [5.41, 5.74) is 4.04. The van der Waals surface area contributed by atoms with Gasteiger partial charge in [-0.1, -0.05) is 24.3 Å². The van der Waals surface area contributed by atoms with E-state index in [4.69, 9.17) is 0 Å². The number of likely N-dealkylation sites (tertiary alicyclic amines) is 1. The summed E-state index contributed by atoms with van der Waals surface area (Å²) in [4.78, 5) is 6.57. The number of benzene rings is 1. The topological polar surface area (TPSA) is 28.2 Å². The van der Waals surface area contributed by atoms with Crippen LogP contribution in [0.5, 0.6) is 0 Å². The van der Waals surface area contributed by atoms with E-state index in [2.05, 4.69) is 39.5 Å². The molecule has 2 heterocycles. The standard InChI is InChI=1S/C18H23N3/c1-2-12-21(11-1)15-18-5-3-16(4-6-18)13-20-14-17-7-9-19-10-8-17/h3-10,20H,1-2,11-15H2. The van der Waals surface area contributed by atoms with Gasteiger partial charge in [-0.3, -0.25) is 9.88 Å². The van der Waals surface area contributed by atoms with E-state index < -0.39 is 0 Å². The van der Waals surface area contributed by atoms with E-state index in [9.17, 15) is 0 Å². The van der Waals surface area contributed by atoms with Crippen molar-refractivity contribution >= 4 is 0 Å². The summed E-state index contributed by atoms with van der Waals surface area (Å²) < 4.78 is 0. The van der Waals surface area contributed by atoms with E-state index in [1.165, 1.54) is 42.6 Å². The van der Waals surface area contributed by atoms with Gasteiger partial charge in [0.1, 0.15) is 0 Å². The van der Waals surface area contributed by atoms with Crippen LogP contribution in [0.15, 0.2) is 48.8 Å². The van der Waals surface area contributed by atoms with Crippen LogP contribution < -0.4 is 5.32 Å². The highest BCUT2D eigenvalue weighted by Crippen LogP contribution is 2.13. The van der Waals surface area contributed by atoms with E-state index >= 15 is 0 Å². The molecule has 1 aliphatic rings. The molecule has 1 fully saturated rings. The monoisotopic (exact) mass is 281 g/mol. The van der Waals surface area contributed by atoms with Crippen molar-refractivity contribution < 1.29 is 0 Å². The predicted octanol–water partition coefficient (Wildman–Crippen LogP) is 2.97. The van der Waals surface area contributed by atoms with Gasteiger partial charge in [0.05, 0.1) is 0 Å². The fourth-order valence-electron chi connectivity index (χ4n) is 2.81. The number of hydrogen-bond acceptors (Lipinski definition) is 3. The van der Waals surface area contributed by atoms with Crippen LogP contribution in [-0.4, -0.2) is 23.0 Å². The van der Waals surface area contributed by atoms with E-state index in [1.807, 2.05) is 24.5 Å². The lowest BCUT2D eigenvalue weighted by Crippen LogP contribution is -2.18. The summed E-state index contributed by atoms with van der Waals surface area (Å²) in [6, 6.07) is 13.1. The van der Waals surface area contributed by atoms with Gasteiger partial charge in [-0.15, -0.1) is 0 Å². The fraction of sp³-hybridized carbons (Fsp3) is 0.389. The SMILES string of the molecule is c1cc(CNCc2ccc(CN3CCCC3)cc2)ccn1. The Bertz CT molecular complexity index is 530. The first-order chi connectivity index (χ1) is 10.4. The van der Waals surface area contributed by atoms with E-state index in [1.54, 1.807) is 0 Å². The Morgan fingerprint density at radius 1 is 0.810 bits per heavy atom. The van der Waals surface area contributed by atoms with Crippen molar-refractivity contribution in [2.24, 2.45) is 0 Å². The van der Waals surface area contributed by atoms with E-state index in [-0.39, 0.29) is 0 Å². The van der Waals surface area contributed by atoms with Gasteiger partial charge in [0.2, 0.25) is 0 Å². The van der Waals surface area contributed by atoms with Crippen LogP contribution in [0, 0.1) is 0 Å². The minimum Gasteiger partial charge on any atom is -0.309 e. The second-order valence-corrected chi connectivity index (χ2v) is 5.76. The number of hydrogen-bond donors (Lipinski definition) is 1. The second kappa shape index (κ2) is 7.34. The lowest BCUT2D eigenvalue weighted by Gasteiger charge is -2.14. The smallest absolute Gasteiger partial charge is 0.0271 e. The van der Waals surface area contributed by atoms with Crippen molar-refractivity contribution in [1.29, 1.82) is 0 Å². The van der Waals surface area contributed by atoms with Gasteiger partial charge in [0.25, 0.3) is 0 Å². The largest absolute Gasteiger partial charge is 0.309 e. The predicted molar refractivity (Wildman–Crippen MR) is 85.7 cm³/mol. The normalized spacial score (nSPS) is 15.4. The summed E-state index contributed by atoms with van der Waals surface area (Å²) in [7, 11) is 0. The highest BCUT2D eigenvalue weighted by atomic mass is 15.1. The third-order valence-corrected chi connectivity index (χ3v) is 4.04. The molecule has 3 nitrogen and oxygen atoms in total. The molecule has 1 aromatic carbocycles. The average molecular weight is 281 g/mol. The summed E-state index contributed by atoms with van der Waals surface area (Å²) >= 11 is 0. The molecule has 1 aliphatic heterocycles. The van der Waals surface area contributed by atoms with Gasteiger partial charge in [-0.05, 0) is 54.8 Å². The van der Waals surface area contributed by atoms with Gasteiger partial charge in [0.15, 0.2) is 0 Å². The third kappa shape index (κ3) is 4.38. The summed E-state index contributed by atoms with van der Waals surface area (Å²) in [5, 5.41) is 3.47. The van der Waals surface area contributed by atoms with Crippen molar-refractivity contribution in [2.75, 3.05) is 13.1 Å². The maximum atomic E-state index is 4.03. The van der Waals surface area contributed by atoms with Gasteiger partial charge >= 0.3 is 0 Å². The average Bonchev–Trinajstić information content (AvgIpc) is 3.03. The Hall–Kier alpha value is -1.71. The molecule has 0 bridgehead atoms. The molecule has 0 atom stereocenters. The quantitative estimate of drug-likeness (QED) is 0.882. The summed E-state index contributed by atoms with van der Waals surface area (Å²) in [6.45, 7) is 5.42. The Morgan fingerprint density at radius 3 is 2.05 bits per heavy atom. The maximum Gasteiger partial charge on any atom is 0.0271 e. The van der Waals surface area contributed by atoms with Crippen molar-refractivity contribution in [1.82, 2.24) is 15.2 Å². The Kier molecular flexibility index (Phi) is 4.98. The van der Waals surface area contributed by atoms with Crippen LogP contribution in [0.4, 0.5) is 0 Å². The van der Waals surface area contributed by atoms with Gasteiger partial charge in [0, 0.05) is 32.0 Å². The fourth-order valence-corrected chi connectivity index (χ4v) is 2.81. The third-order valence-electron chi connectivity index (χ3n) is 4.04. The summed E-state index contributed by atoms with van der Waals surface area (Å²) in [5.74, 6) is 0. The Labute approximate surface area is 127 Å². The molecule has 3 rings (SSSR count). The van der Waals surface area contributed by atoms with Crippen LogP contribution in [0.3, 0.4) is 0 Å². The molecule has 0 spiro atoms. The Balaban J connectivity index is 1.45. The molecule has 1 aromatic heterocycles. The minimum absolute atomic E-state index is 0.887. The van der Waals surface area contributed by atoms with Crippen molar-refractivity contribution in [3.05, 3.63) is 65.5 Å². The lowest BCUT2D eigenvalue weighted by atomic mass is 10.1. The second-order valence-electron chi connectivity index (χ2n) is 5.76. The molecule has 0 aliphatic carbocycles. The van der Waals surface area contributed by atoms with Gasteiger partial charge in [-0.25, -0.2) is 0 Å². The first-order valence-electron chi connectivity index (χ1n) is 7.80. The number of nitrogens with zero attached hydrogens (tertiary/aromatic N) is 2. The zero-order chi connectivity index (χ0) is 14.3. The number of nitrogens with one attached hydrogen (secondary N) is 1. The molecule has 0 radical (unpaired) electrons. The van der Waals surface area contributed by atoms with Crippen molar-refractivity contribution in [2.45, 2.75) is 32.5 Å². The zero-order valence-electron chi connectivity index (χ0n) is 12.5. The lowest BCUT2D eigenvalue weighted by molar-refractivity contribution is 0.331. The van der Waals surface area contributed by atoms with E-state index in [0.717, 1.165) is 19.6 Å². The first kappa shape index (κ1) is 14.2. The molecule has 2 aromatic rings. The minimum atomic E-state index is 0.887. The molecule has 0 amide bonds. The highest BCUT2D eigenvalue weighted by molar-refractivity contribution is 5.22. The number of aromatic nitrogens is 1. The molecule has 0 unspecified atom stereocenters. The van der Waals surface area contributed by atoms with Gasteiger partial charge in [-0.2, -0.15) is 0 Å². The molecule has 110 valence electrons. The highest BCUT2D eigenvalue weighted by Gasteiger charge is 2.11. The first-order valence-corrected chi connectivity index (χ1v) is 7.80. The molecular formula is C18H23N3.